The molecule has 0 aliphatic heterocycles. The predicted molar refractivity (Wildman–Crippen MR) is 289 cm³/mol. The molecule has 0 bridgehead atoms. The lowest BCUT2D eigenvalue weighted by atomic mass is 10.1. The van der Waals surface area contributed by atoms with Gasteiger partial charge in [-0.2, -0.15) is 0 Å². The van der Waals surface area contributed by atoms with Gasteiger partial charge in [0.1, 0.15) is 11.2 Å². The monoisotopic (exact) mass is 914 g/mol. The molecular formula is C64H42N4OS. The molecule has 10 aromatic carbocycles. The van der Waals surface area contributed by atoms with Crippen molar-refractivity contribution < 1.29 is 4.42 Å². The molecule has 4 heterocycles. The fourth-order valence-electron chi connectivity index (χ4n) is 10.8. The van der Waals surface area contributed by atoms with Gasteiger partial charge in [0, 0.05) is 68.7 Å². The van der Waals surface area contributed by atoms with Gasteiger partial charge in [0.15, 0.2) is 0 Å². The highest BCUT2D eigenvalue weighted by atomic mass is 32.3. The average Bonchev–Trinajstić information content (AvgIpc) is 4.10. The van der Waals surface area contributed by atoms with Crippen molar-refractivity contribution in [2.24, 2.45) is 0 Å². The maximum atomic E-state index is 6.38. The Bertz CT molecular complexity index is 4240. The second-order valence-electron chi connectivity index (χ2n) is 17.7. The number of para-hydroxylation sites is 4. The third-order valence-corrected chi connectivity index (χ3v) is 17.8. The number of furan rings is 1. The smallest absolute Gasteiger partial charge is 0.235 e. The first-order valence-electron chi connectivity index (χ1n) is 23.6. The van der Waals surface area contributed by atoms with Crippen LogP contribution < -0.4 is 0 Å². The van der Waals surface area contributed by atoms with Gasteiger partial charge in [0.05, 0.1) is 33.5 Å². The van der Waals surface area contributed by atoms with E-state index < -0.39 is 10.0 Å². The molecule has 0 fully saturated rings. The van der Waals surface area contributed by atoms with E-state index >= 15 is 0 Å². The van der Waals surface area contributed by atoms with Crippen LogP contribution in [0.1, 0.15) is 0 Å². The van der Waals surface area contributed by atoms with Gasteiger partial charge >= 0.3 is 0 Å². The summed E-state index contributed by atoms with van der Waals surface area (Å²) >= 11 is 0. The standard InChI is InChI=1S/C64H42N4OS/c1-5-19-43(20-6-1)55-42-56(66-64(65-55)68-57-30-16-13-27-50(57)52-38-39-59-62(63(52)68)53-29-14-17-31-58(53)67(59)45-21-7-2-8-22-45)44-33-35-48(36-34-44)70(46-23-9-3-10-24-46,47-25-11-4-12-26-47)49-37-40-61-54(41-49)51-28-15-18-32-60(51)69-61/h1-42H. The predicted octanol–water partition coefficient (Wildman–Crippen LogP) is 17.2. The van der Waals surface area contributed by atoms with Gasteiger partial charge in [-0.05, 0) is 97.1 Å². The first kappa shape index (κ1) is 40.1. The van der Waals surface area contributed by atoms with Crippen molar-refractivity contribution in [3.63, 3.8) is 0 Å². The molecule has 0 spiro atoms. The van der Waals surface area contributed by atoms with Crippen LogP contribution in [-0.4, -0.2) is 19.1 Å². The van der Waals surface area contributed by atoms with E-state index in [0.717, 1.165) is 88.4 Å². The van der Waals surface area contributed by atoms with Gasteiger partial charge in [0.25, 0.3) is 0 Å². The third-order valence-electron chi connectivity index (χ3n) is 13.9. The quantitative estimate of drug-likeness (QED) is 0.153. The summed E-state index contributed by atoms with van der Waals surface area (Å²) in [4.78, 5) is 16.0. The lowest BCUT2D eigenvalue weighted by Gasteiger charge is -2.42. The summed E-state index contributed by atoms with van der Waals surface area (Å²) in [5, 5.41) is 6.87. The van der Waals surface area contributed by atoms with Gasteiger partial charge in [-0.15, -0.1) is 10.0 Å². The molecular weight excluding hydrogens is 873 g/mol. The first-order chi connectivity index (χ1) is 34.7. The molecule has 5 nitrogen and oxygen atoms in total. The lowest BCUT2D eigenvalue weighted by molar-refractivity contribution is 0.668. The zero-order valence-corrected chi connectivity index (χ0v) is 38.7. The van der Waals surface area contributed by atoms with Gasteiger partial charge in [0.2, 0.25) is 5.95 Å². The van der Waals surface area contributed by atoms with Crippen molar-refractivity contribution >= 4 is 75.6 Å². The number of rotatable bonds is 8. The molecule has 6 heteroatoms. The maximum absolute atomic E-state index is 6.38. The van der Waals surface area contributed by atoms with E-state index in [9.17, 15) is 0 Å². The van der Waals surface area contributed by atoms with Crippen molar-refractivity contribution in [2.75, 3.05) is 0 Å². The lowest BCUT2D eigenvalue weighted by Crippen LogP contribution is -2.06. The Labute approximate surface area is 405 Å². The van der Waals surface area contributed by atoms with Crippen molar-refractivity contribution in [2.45, 2.75) is 19.6 Å². The molecule has 0 amide bonds. The van der Waals surface area contributed by atoms with Gasteiger partial charge in [-0.25, -0.2) is 9.97 Å². The summed E-state index contributed by atoms with van der Waals surface area (Å²) in [5.74, 6) is 0.616. The topological polar surface area (TPSA) is 48.8 Å². The zero-order valence-electron chi connectivity index (χ0n) is 37.9. The van der Waals surface area contributed by atoms with E-state index in [1.807, 2.05) is 6.07 Å². The summed E-state index contributed by atoms with van der Waals surface area (Å²) < 4.78 is 11.1. The van der Waals surface area contributed by atoms with Gasteiger partial charge in [-0.3, -0.25) is 4.57 Å². The van der Waals surface area contributed by atoms with Crippen LogP contribution in [0, 0.1) is 0 Å². The summed E-state index contributed by atoms with van der Waals surface area (Å²) in [5.41, 5.74) is 11.0. The molecule has 14 aromatic rings. The Morgan fingerprint density at radius 3 is 1.53 bits per heavy atom. The first-order valence-corrected chi connectivity index (χ1v) is 25.3. The van der Waals surface area contributed by atoms with Crippen molar-refractivity contribution in [1.29, 1.82) is 0 Å². The minimum atomic E-state index is -2.03. The average molecular weight is 915 g/mol. The van der Waals surface area contributed by atoms with Crippen LogP contribution in [0.15, 0.2) is 279 Å². The Morgan fingerprint density at radius 1 is 0.329 bits per heavy atom. The number of aromatic nitrogens is 4. The Morgan fingerprint density at radius 2 is 0.843 bits per heavy atom. The number of hydrogen-bond acceptors (Lipinski definition) is 3. The zero-order chi connectivity index (χ0) is 46.2. The molecule has 330 valence electrons. The van der Waals surface area contributed by atoms with Crippen molar-refractivity contribution in [1.82, 2.24) is 19.1 Å². The van der Waals surface area contributed by atoms with Gasteiger partial charge < -0.3 is 8.98 Å². The summed E-state index contributed by atoms with van der Waals surface area (Å²) in [7, 11) is -2.03. The minimum absolute atomic E-state index is 0.616. The van der Waals surface area contributed by atoms with Crippen LogP contribution in [0.5, 0.6) is 0 Å². The maximum Gasteiger partial charge on any atom is 0.235 e. The fourth-order valence-corrected chi connectivity index (χ4v) is 14.7. The highest BCUT2D eigenvalue weighted by molar-refractivity contribution is 8.34. The van der Waals surface area contributed by atoms with E-state index in [-0.39, 0.29) is 0 Å². The van der Waals surface area contributed by atoms with E-state index in [1.54, 1.807) is 0 Å². The molecule has 14 rings (SSSR count). The van der Waals surface area contributed by atoms with E-state index in [4.69, 9.17) is 14.4 Å². The Kier molecular flexibility index (Phi) is 9.22. The van der Waals surface area contributed by atoms with Crippen LogP contribution in [-0.2, 0) is 0 Å². The summed E-state index contributed by atoms with van der Waals surface area (Å²) in [6, 6.07) is 91.5. The molecule has 0 saturated heterocycles. The number of benzene rings is 10. The highest BCUT2D eigenvalue weighted by Crippen LogP contribution is 2.73. The Balaban J connectivity index is 1.01. The van der Waals surface area contributed by atoms with E-state index in [0.29, 0.717) is 5.95 Å². The van der Waals surface area contributed by atoms with Crippen molar-refractivity contribution in [3.8, 4) is 34.2 Å². The molecule has 0 N–H and O–H groups in total. The minimum Gasteiger partial charge on any atom is -0.456 e. The molecule has 0 unspecified atom stereocenters. The third kappa shape index (κ3) is 6.13. The number of fused-ring (bicyclic) bond motifs is 10. The SMILES string of the molecule is c1ccc(-c2cc(-c3ccc(S(c4ccccc4)(c4ccccc4)c4ccc5oc6ccccc6c5c4)cc3)nc(-n3c4ccccc4c4ccc5c(c6ccccc6n5-c5ccccc5)c43)n2)cc1. The van der Waals surface area contributed by atoms with Crippen LogP contribution in [0.3, 0.4) is 0 Å². The van der Waals surface area contributed by atoms with Crippen molar-refractivity contribution in [3.05, 3.63) is 255 Å². The van der Waals surface area contributed by atoms with Crippen LogP contribution in [0.2, 0.25) is 0 Å². The molecule has 4 aromatic heterocycles. The van der Waals surface area contributed by atoms with Crippen LogP contribution in [0.4, 0.5) is 0 Å². The van der Waals surface area contributed by atoms with Crippen LogP contribution in [0.25, 0.3) is 99.7 Å². The molecule has 0 saturated carbocycles. The fraction of sp³-hybridized carbons (Fsp3) is 0. The number of hydrogen-bond donors (Lipinski definition) is 0. The summed E-state index contributed by atoms with van der Waals surface area (Å²) in [6.07, 6.45) is 0. The molecule has 70 heavy (non-hydrogen) atoms. The molecule has 0 atom stereocenters. The second kappa shape index (κ2) is 16.1. The van der Waals surface area contributed by atoms with E-state index in [2.05, 4.69) is 258 Å². The number of nitrogens with zero attached hydrogens (tertiary/aromatic N) is 4. The van der Waals surface area contributed by atoms with E-state index in [1.165, 1.54) is 25.0 Å². The Hall–Kier alpha value is -8.97. The normalized spacial score (nSPS) is 12.2. The highest BCUT2D eigenvalue weighted by Gasteiger charge is 2.34. The largest absolute Gasteiger partial charge is 0.456 e. The van der Waals surface area contributed by atoms with Crippen LogP contribution >= 0.6 is 10.0 Å². The molecule has 0 radical (unpaired) electrons. The summed E-state index contributed by atoms with van der Waals surface area (Å²) in [6.45, 7) is 0. The molecule has 0 aliphatic rings. The second-order valence-corrected chi connectivity index (χ2v) is 20.8. The van der Waals surface area contributed by atoms with Gasteiger partial charge in [-0.1, -0.05) is 158 Å². The molecule has 0 aliphatic carbocycles.